The first kappa shape index (κ1) is 16.4. The molecule has 1 amide bonds. The van der Waals surface area contributed by atoms with E-state index in [0.29, 0.717) is 12.2 Å². The van der Waals surface area contributed by atoms with Gasteiger partial charge in [-0.05, 0) is 25.5 Å². The standard InChI is InChI=1S/C16H15FN4O2/c1-11-19-10-12(9-18)16(20-11)21-15(22)7-4-8-23-14-6-3-2-5-13(14)17/h2-3,5-6,10H,4,7-8H2,1H3,(H,19,20,21,22). The van der Waals surface area contributed by atoms with Gasteiger partial charge in [0, 0.05) is 6.42 Å². The normalized spacial score (nSPS) is 9.96. The number of aromatic nitrogens is 2. The molecule has 118 valence electrons. The van der Waals surface area contributed by atoms with Gasteiger partial charge in [0.05, 0.1) is 12.8 Å². The highest BCUT2D eigenvalue weighted by Crippen LogP contribution is 2.16. The zero-order valence-corrected chi connectivity index (χ0v) is 12.5. The van der Waals surface area contributed by atoms with E-state index in [4.69, 9.17) is 10.00 Å². The lowest BCUT2D eigenvalue weighted by atomic mass is 10.3. The van der Waals surface area contributed by atoms with Crippen molar-refractivity contribution in [3.63, 3.8) is 0 Å². The molecule has 0 saturated carbocycles. The predicted octanol–water partition coefficient (Wildman–Crippen LogP) is 2.59. The summed E-state index contributed by atoms with van der Waals surface area (Å²) in [6.07, 6.45) is 1.94. The van der Waals surface area contributed by atoms with E-state index in [-0.39, 0.29) is 36.1 Å². The second kappa shape index (κ2) is 7.84. The van der Waals surface area contributed by atoms with Crippen LogP contribution in [0.5, 0.6) is 5.75 Å². The summed E-state index contributed by atoms with van der Waals surface area (Å²) < 4.78 is 18.6. The number of rotatable bonds is 6. The summed E-state index contributed by atoms with van der Waals surface area (Å²) in [6.45, 7) is 1.88. The SMILES string of the molecule is Cc1ncc(C#N)c(NC(=O)CCCOc2ccccc2F)n1. The number of benzene rings is 1. The van der Waals surface area contributed by atoms with Crippen LogP contribution in [0.15, 0.2) is 30.5 Å². The van der Waals surface area contributed by atoms with Gasteiger partial charge in [-0.1, -0.05) is 12.1 Å². The molecule has 0 aliphatic heterocycles. The van der Waals surface area contributed by atoms with Gasteiger partial charge in [-0.2, -0.15) is 5.26 Å². The molecule has 1 heterocycles. The van der Waals surface area contributed by atoms with E-state index < -0.39 is 5.82 Å². The van der Waals surface area contributed by atoms with Gasteiger partial charge in [-0.25, -0.2) is 14.4 Å². The van der Waals surface area contributed by atoms with Gasteiger partial charge in [-0.15, -0.1) is 0 Å². The number of para-hydroxylation sites is 1. The molecule has 1 aromatic carbocycles. The van der Waals surface area contributed by atoms with Gasteiger partial charge < -0.3 is 10.1 Å². The van der Waals surface area contributed by atoms with Gasteiger partial charge in [-0.3, -0.25) is 4.79 Å². The molecule has 0 fully saturated rings. The summed E-state index contributed by atoms with van der Waals surface area (Å²) in [5, 5.41) is 11.5. The molecule has 0 spiro atoms. The number of carbonyl (C=O) groups excluding carboxylic acids is 1. The van der Waals surface area contributed by atoms with Gasteiger partial charge >= 0.3 is 0 Å². The quantitative estimate of drug-likeness (QED) is 0.828. The average Bonchev–Trinajstić information content (AvgIpc) is 2.53. The Bertz CT molecular complexity index is 743. The number of carbonyl (C=O) groups is 1. The zero-order chi connectivity index (χ0) is 16.7. The van der Waals surface area contributed by atoms with Crippen molar-refractivity contribution in [1.82, 2.24) is 9.97 Å². The maximum atomic E-state index is 13.3. The van der Waals surface area contributed by atoms with Crippen LogP contribution < -0.4 is 10.1 Å². The number of nitriles is 1. The van der Waals surface area contributed by atoms with Crippen LogP contribution >= 0.6 is 0 Å². The lowest BCUT2D eigenvalue weighted by Crippen LogP contribution is -2.15. The molecule has 0 bridgehead atoms. The molecule has 1 aromatic heterocycles. The Morgan fingerprint density at radius 3 is 2.96 bits per heavy atom. The molecule has 0 saturated heterocycles. The molecule has 6 nitrogen and oxygen atoms in total. The number of aryl methyl sites for hydroxylation is 1. The molecule has 2 rings (SSSR count). The zero-order valence-electron chi connectivity index (χ0n) is 12.5. The first-order valence-corrected chi connectivity index (χ1v) is 7.01. The fraction of sp³-hybridized carbons (Fsp3) is 0.250. The van der Waals surface area contributed by atoms with Crippen molar-refractivity contribution in [2.75, 3.05) is 11.9 Å². The molecule has 0 unspecified atom stereocenters. The fourth-order valence-electron chi connectivity index (χ4n) is 1.82. The highest BCUT2D eigenvalue weighted by molar-refractivity contribution is 5.90. The van der Waals surface area contributed by atoms with E-state index in [1.807, 2.05) is 6.07 Å². The second-order valence-electron chi connectivity index (χ2n) is 4.72. The third-order valence-electron chi connectivity index (χ3n) is 2.93. The number of amides is 1. The van der Waals surface area contributed by atoms with Crippen molar-refractivity contribution in [3.05, 3.63) is 47.7 Å². The Morgan fingerprint density at radius 2 is 2.22 bits per heavy atom. The van der Waals surface area contributed by atoms with Crippen LogP contribution in [0.2, 0.25) is 0 Å². The number of ether oxygens (including phenoxy) is 1. The molecular formula is C16H15FN4O2. The summed E-state index contributed by atoms with van der Waals surface area (Å²) in [7, 11) is 0. The van der Waals surface area contributed by atoms with E-state index in [1.54, 1.807) is 19.1 Å². The molecule has 1 N–H and O–H groups in total. The van der Waals surface area contributed by atoms with Crippen molar-refractivity contribution in [2.24, 2.45) is 0 Å². The van der Waals surface area contributed by atoms with E-state index >= 15 is 0 Å². The van der Waals surface area contributed by atoms with Gasteiger partial charge in [0.25, 0.3) is 0 Å². The number of nitrogens with zero attached hydrogens (tertiary/aromatic N) is 3. The molecule has 2 aromatic rings. The fourth-order valence-corrected chi connectivity index (χ4v) is 1.82. The van der Waals surface area contributed by atoms with Gasteiger partial charge in [0.15, 0.2) is 17.4 Å². The van der Waals surface area contributed by atoms with E-state index in [2.05, 4.69) is 15.3 Å². The number of hydrogen-bond acceptors (Lipinski definition) is 5. The summed E-state index contributed by atoms with van der Waals surface area (Å²) in [5.41, 5.74) is 0.201. The Labute approximate surface area is 133 Å². The largest absolute Gasteiger partial charge is 0.491 e. The van der Waals surface area contributed by atoms with Crippen molar-refractivity contribution in [3.8, 4) is 11.8 Å². The number of anilines is 1. The van der Waals surface area contributed by atoms with E-state index in [9.17, 15) is 9.18 Å². The second-order valence-corrected chi connectivity index (χ2v) is 4.72. The minimum atomic E-state index is -0.438. The Kier molecular flexibility index (Phi) is 5.58. The Balaban J connectivity index is 1.81. The van der Waals surface area contributed by atoms with Crippen LogP contribution in [-0.4, -0.2) is 22.5 Å². The van der Waals surface area contributed by atoms with Crippen LogP contribution in [-0.2, 0) is 4.79 Å². The average molecular weight is 314 g/mol. The molecule has 7 heteroatoms. The Hall–Kier alpha value is -3.01. The predicted molar refractivity (Wildman–Crippen MR) is 81.2 cm³/mol. The van der Waals surface area contributed by atoms with Crippen LogP contribution in [0.4, 0.5) is 10.2 Å². The van der Waals surface area contributed by atoms with E-state index in [0.717, 1.165) is 0 Å². The number of nitrogens with one attached hydrogen (secondary N) is 1. The summed E-state index contributed by atoms with van der Waals surface area (Å²) >= 11 is 0. The third kappa shape index (κ3) is 4.74. The summed E-state index contributed by atoms with van der Waals surface area (Å²) in [6, 6.07) is 8.00. The smallest absolute Gasteiger partial charge is 0.225 e. The van der Waals surface area contributed by atoms with Gasteiger partial charge in [0.2, 0.25) is 5.91 Å². The van der Waals surface area contributed by atoms with Crippen molar-refractivity contribution in [2.45, 2.75) is 19.8 Å². The third-order valence-corrected chi connectivity index (χ3v) is 2.93. The van der Waals surface area contributed by atoms with E-state index in [1.165, 1.54) is 18.3 Å². The lowest BCUT2D eigenvalue weighted by molar-refractivity contribution is -0.116. The minimum Gasteiger partial charge on any atom is -0.491 e. The summed E-state index contributed by atoms with van der Waals surface area (Å²) in [4.78, 5) is 19.8. The maximum absolute atomic E-state index is 13.3. The molecule has 0 radical (unpaired) electrons. The molecule has 0 atom stereocenters. The Morgan fingerprint density at radius 1 is 1.43 bits per heavy atom. The topological polar surface area (TPSA) is 87.9 Å². The molecule has 0 aliphatic carbocycles. The van der Waals surface area contributed by atoms with Crippen molar-refractivity contribution < 1.29 is 13.9 Å². The van der Waals surface area contributed by atoms with Gasteiger partial charge in [0.1, 0.15) is 17.5 Å². The first-order valence-electron chi connectivity index (χ1n) is 7.01. The highest BCUT2D eigenvalue weighted by Gasteiger charge is 2.09. The minimum absolute atomic E-state index is 0.158. The first-order chi connectivity index (χ1) is 11.1. The van der Waals surface area contributed by atoms with Crippen LogP contribution in [0.3, 0.4) is 0 Å². The highest BCUT2D eigenvalue weighted by atomic mass is 19.1. The maximum Gasteiger partial charge on any atom is 0.225 e. The van der Waals surface area contributed by atoms with Crippen LogP contribution in [0.1, 0.15) is 24.2 Å². The number of halogens is 1. The molecular weight excluding hydrogens is 299 g/mol. The van der Waals surface area contributed by atoms with Crippen LogP contribution in [0.25, 0.3) is 0 Å². The van der Waals surface area contributed by atoms with Crippen LogP contribution in [0, 0.1) is 24.1 Å². The monoisotopic (exact) mass is 314 g/mol. The summed E-state index contributed by atoms with van der Waals surface area (Å²) in [5.74, 6) is 0.0807. The number of hydrogen-bond donors (Lipinski definition) is 1. The molecule has 0 aliphatic rings. The lowest BCUT2D eigenvalue weighted by Gasteiger charge is -2.08. The van der Waals surface area contributed by atoms with Crippen molar-refractivity contribution in [1.29, 1.82) is 5.26 Å². The van der Waals surface area contributed by atoms with Crippen molar-refractivity contribution >= 4 is 11.7 Å². The molecule has 23 heavy (non-hydrogen) atoms.